The van der Waals surface area contributed by atoms with Crippen LogP contribution in [0.2, 0.25) is 0 Å². The molecule has 1 heterocycles. The molecule has 5 heteroatoms. The molecule has 0 aliphatic carbocycles. The molecule has 0 atom stereocenters. The van der Waals surface area contributed by atoms with E-state index < -0.39 is 0 Å². The van der Waals surface area contributed by atoms with E-state index in [1.807, 2.05) is 16.7 Å². The third kappa shape index (κ3) is 2.50. The molecule has 0 N–H and O–H groups in total. The Bertz CT molecular complexity index is 450. The van der Waals surface area contributed by atoms with Gasteiger partial charge in [0.1, 0.15) is 12.7 Å². The summed E-state index contributed by atoms with van der Waals surface area (Å²) in [7, 11) is 0. The van der Waals surface area contributed by atoms with Gasteiger partial charge in [0.15, 0.2) is 0 Å². The summed E-state index contributed by atoms with van der Waals surface area (Å²) in [5.74, 6) is 0. The minimum atomic E-state index is -0.0988. The first-order chi connectivity index (χ1) is 7.25. The number of hydrogen-bond acceptors (Lipinski definition) is 3. The molecule has 0 aliphatic rings. The Morgan fingerprint density at radius 2 is 1.80 bits per heavy atom. The molecule has 0 saturated carbocycles. The predicted octanol–water partition coefficient (Wildman–Crippen LogP) is 1.86. The molecular weight excluding hydrogens is 258 g/mol. The Kier molecular flexibility index (Phi) is 2.91. The van der Waals surface area contributed by atoms with Crippen molar-refractivity contribution in [3.8, 4) is 0 Å². The van der Waals surface area contributed by atoms with Crippen LogP contribution in [-0.4, -0.2) is 19.5 Å². The van der Waals surface area contributed by atoms with Gasteiger partial charge in [-0.2, -0.15) is 0 Å². The lowest BCUT2D eigenvalue weighted by Crippen LogP contribution is -1.97. The Balaban J connectivity index is 2.14. The highest BCUT2D eigenvalue weighted by Gasteiger charge is 2.00. The molecule has 2 rings (SSSR count). The molecule has 0 unspecified atom stereocenters. The highest BCUT2D eigenvalue weighted by Crippen LogP contribution is 2.09. The van der Waals surface area contributed by atoms with E-state index in [1.54, 1.807) is 24.8 Å². The van der Waals surface area contributed by atoms with Crippen molar-refractivity contribution in [1.82, 2.24) is 14.8 Å². The monoisotopic (exact) mass is 265 g/mol. The zero-order valence-corrected chi connectivity index (χ0v) is 9.39. The van der Waals surface area contributed by atoms with Crippen molar-refractivity contribution < 1.29 is 4.79 Å². The van der Waals surface area contributed by atoms with E-state index in [4.69, 9.17) is 0 Å². The first kappa shape index (κ1) is 10.0. The Morgan fingerprint density at radius 1 is 1.20 bits per heavy atom. The van der Waals surface area contributed by atoms with Gasteiger partial charge in [-0.05, 0) is 21.5 Å². The summed E-state index contributed by atoms with van der Waals surface area (Å²) >= 11 is 2.90. The van der Waals surface area contributed by atoms with E-state index in [2.05, 4.69) is 26.1 Å². The second-order valence-electron chi connectivity index (χ2n) is 3.10. The maximum atomic E-state index is 11.0. The number of hydrogen-bond donors (Lipinski definition) is 0. The number of aromatic nitrogens is 3. The third-order valence-corrected chi connectivity index (χ3v) is 2.47. The fourth-order valence-corrected chi connectivity index (χ4v) is 1.52. The Morgan fingerprint density at radius 3 is 2.33 bits per heavy atom. The van der Waals surface area contributed by atoms with Gasteiger partial charge in [0.05, 0.1) is 0 Å². The summed E-state index contributed by atoms with van der Waals surface area (Å²) in [4.78, 5) is 11.0. The van der Waals surface area contributed by atoms with Gasteiger partial charge in [-0.15, -0.1) is 10.2 Å². The SMILES string of the molecule is O=C(Br)c1ccc(Cn2cnnc2)cc1. The van der Waals surface area contributed by atoms with Crippen LogP contribution in [0.3, 0.4) is 0 Å². The van der Waals surface area contributed by atoms with Gasteiger partial charge in [0.25, 0.3) is 0 Å². The van der Waals surface area contributed by atoms with Crippen LogP contribution in [0.5, 0.6) is 0 Å². The van der Waals surface area contributed by atoms with Crippen LogP contribution >= 0.6 is 15.9 Å². The van der Waals surface area contributed by atoms with Gasteiger partial charge in [-0.3, -0.25) is 4.79 Å². The maximum Gasteiger partial charge on any atom is 0.228 e. The lowest BCUT2D eigenvalue weighted by molar-refractivity contribution is 0.109. The van der Waals surface area contributed by atoms with Gasteiger partial charge >= 0.3 is 0 Å². The highest BCUT2D eigenvalue weighted by atomic mass is 79.9. The van der Waals surface area contributed by atoms with Crippen molar-refractivity contribution in [3.05, 3.63) is 48.0 Å². The van der Waals surface area contributed by atoms with Gasteiger partial charge in [0.2, 0.25) is 4.69 Å². The highest BCUT2D eigenvalue weighted by molar-refractivity contribution is 9.18. The molecule has 0 saturated heterocycles. The fourth-order valence-electron chi connectivity index (χ4n) is 1.26. The predicted molar refractivity (Wildman–Crippen MR) is 58.8 cm³/mol. The minimum absolute atomic E-state index is 0.0988. The zero-order valence-electron chi connectivity index (χ0n) is 7.80. The standard InChI is InChI=1S/C10H8BrN3O/c11-10(15)9-3-1-8(2-4-9)5-14-6-12-13-7-14/h1-4,6-7H,5H2. The Labute approximate surface area is 95.1 Å². The van der Waals surface area contributed by atoms with Gasteiger partial charge < -0.3 is 4.57 Å². The molecule has 1 aromatic carbocycles. The first-order valence-corrected chi connectivity index (χ1v) is 5.16. The van der Waals surface area contributed by atoms with E-state index in [0.717, 1.165) is 5.56 Å². The lowest BCUT2D eigenvalue weighted by atomic mass is 10.1. The van der Waals surface area contributed by atoms with Crippen LogP contribution in [-0.2, 0) is 6.54 Å². The summed E-state index contributed by atoms with van der Waals surface area (Å²) in [5.41, 5.74) is 1.76. The van der Waals surface area contributed by atoms with Gasteiger partial charge in [-0.25, -0.2) is 0 Å². The second-order valence-corrected chi connectivity index (χ2v) is 3.83. The van der Waals surface area contributed by atoms with E-state index in [0.29, 0.717) is 12.1 Å². The quantitative estimate of drug-likeness (QED) is 0.797. The molecule has 4 nitrogen and oxygen atoms in total. The molecule has 0 bridgehead atoms. The molecule has 0 aliphatic heterocycles. The molecule has 0 radical (unpaired) electrons. The van der Waals surface area contributed by atoms with Crippen LogP contribution in [0, 0.1) is 0 Å². The zero-order chi connectivity index (χ0) is 10.7. The van der Waals surface area contributed by atoms with E-state index in [9.17, 15) is 4.79 Å². The minimum Gasteiger partial charge on any atom is -0.316 e. The van der Waals surface area contributed by atoms with Gasteiger partial charge in [0, 0.05) is 12.1 Å². The molecule has 0 fully saturated rings. The molecule has 2 aromatic rings. The number of carbonyl (C=O) groups is 1. The summed E-state index contributed by atoms with van der Waals surface area (Å²) in [6.07, 6.45) is 3.31. The largest absolute Gasteiger partial charge is 0.316 e. The fraction of sp³-hybridized carbons (Fsp3) is 0.100. The summed E-state index contributed by atoms with van der Waals surface area (Å²) in [5, 5.41) is 7.43. The molecule has 0 amide bonds. The topological polar surface area (TPSA) is 47.8 Å². The molecule has 0 spiro atoms. The number of nitrogens with zero attached hydrogens (tertiary/aromatic N) is 3. The maximum absolute atomic E-state index is 11.0. The third-order valence-electron chi connectivity index (χ3n) is 2.01. The van der Waals surface area contributed by atoms with Crippen LogP contribution in [0.25, 0.3) is 0 Å². The van der Waals surface area contributed by atoms with E-state index in [-0.39, 0.29) is 4.69 Å². The average Bonchev–Trinajstić information content (AvgIpc) is 2.71. The Hall–Kier alpha value is -1.49. The smallest absolute Gasteiger partial charge is 0.228 e. The van der Waals surface area contributed by atoms with Gasteiger partial charge in [-0.1, -0.05) is 24.3 Å². The van der Waals surface area contributed by atoms with Crippen molar-refractivity contribution >= 4 is 20.6 Å². The first-order valence-electron chi connectivity index (χ1n) is 4.37. The summed E-state index contributed by atoms with van der Waals surface area (Å²) in [6, 6.07) is 7.40. The second kappa shape index (κ2) is 4.35. The van der Waals surface area contributed by atoms with Crippen molar-refractivity contribution in [3.63, 3.8) is 0 Å². The normalized spacial score (nSPS) is 10.2. The lowest BCUT2D eigenvalue weighted by Gasteiger charge is -2.01. The number of rotatable bonds is 3. The van der Waals surface area contributed by atoms with Crippen molar-refractivity contribution in [2.24, 2.45) is 0 Å². The van der Waals surface area contributed by atoms with Crippen LogP contribution in [0.15, 0.2) is 36.9 Å². The summed E-state index contributed by atoms with van der Waals surface area (Å²) in [6.45, 7) is 0.712. The van der Waals surface area contributed by atoms with E-state index >= 15 is 0 Å². The number of carbonyl (C=O) groups excluding carboxylic acids is 1. The van der Waals surface area contributed by atoms with Crippen molar-refractivity contribution in [1.29, 1.82) is 0 Å². The van der Waals surface area contributed by atoms with Crippen LogP contribution < -0.4 is 0 Å². The molecular formula is C10H8BrN3O. The van der Waals surface area contributed by atoms with Crippen molar-refractivity contribution in [2.75, 3.05) is 0 Å². The molecule has 1 aromatic heterocycles. The summed E-state index contributed by atoms with van der Waals surface area (Å²) < 4.78 is 1.77. The van der Waals surface area contributed by atoms with Crippen LogP contribution in [0.1, 0.15) is 15.9 Å². The molecule has 76 valence electrons. The van der Waals surface area contributed by atoms with Crippen molar-refractivity contribution in [2.45, 2.75) is 6.54 Å². The average molecular weight is 266 g/mol. The number of benzene rings is 1. The number of halogens is 1. The van der Waals surface area contributed by atoms with E-state index in [1.165, 1.54) is 0 Å². The van der Waals surface area contributed by atoms with Crippen LogP contribution in [0.4, 0.5) is 0 Å². The molecule has 15 heavy (non-hydrogen) atoms.